The first-order valence-corrected chi connectivity index (χ1v) is 5.69. The maximum atomic E-state index is 13.6. The van der Waals surface area contributed by atoms with Gasteiger partial charge in [-0.2, -0.15) is 0 Å². The average Bonchev–Trinajstić information content (AvgIpc) is 2.06. The van der Waals surface area contributed by atoms with Crippen molar-refractivity contribution >= 4 is 28.3 Å². The molecule has 0 unspecified atom stereocenters. The minimum atomic E-state index is -0.202. The fraction of sp³-hybridized carbons (Fsp3) is 0.455. The van der Waals surface area contributed by atoms with Gasteiger partial charge in [-0.05, 0) is 40.8 Å². The van der Waals surface area contributed by atoms with Gasteiger partial charge in [0.2, 0.25) is 0 Å². The van der Waals surface area contributed by atoms with Crippen LogP contribution in [0.2, 0.25) is 0 Å². The summed E-state index contributed by atoms with van der Waals surface area (Å²) in [5.41, 5.74) is 6.65. The van der Waals surface area contributed by atoms with Gasteiger partial charge >= 0.3 is 0 Å². The molecule has 1 fully saturated rings. The summed E-state index contributed by atoms with van der Waals surface area (Å²) in [6.45, 7) is 0. The number of rotatable bonds is 2. The fourth-order valence-corrected chi connectivity index (χ4v) is 2.21. The van der Waals surface area contributed by atoms with Crippen molar-refractivity contribution < 1.29 is 4.39 Å². The van der Waals surface area contributed by atoms with Crippen LogP contribution in [0.5, 0.6) is 0 Å². The summed E-state index contributed by atoms with van der Waals surface area (Å²) in [5.74, 6) is 0.269. The number of nitrogens with two attached hydrogens (primary N) is 1. The molecule has 2 N–H and O–H groups in total. The molecule has 0 aromatic heterocycles. The number of hydrogen-bond donors (Lipinski definition) is 1. The highest BCUT2D eigenvalue weighted by Crippen LogP contribution is 2.37. The summed E-state index contributed by atoms with van der Waals surface area (Å²) >= 11 is 3.17. The fourth-order valence-electron chi connectivity index (χ4n) is 1.83. The number of halogens is 3. The Bertz CT molecular complexity index is 341. The standard InChI is InChI=1S/C11H13BrFN.ClH/c12-9-6-2-5-8(10(9)13)11(14)7-3-1-4-7;/h2,5-7,11H,1,3-4,14H2;1H/t11-;/m1./s1. The van der Waals surface area contributed by atoms with Crippen LogP contribution in [0.4, 0.5) is 4.39 Å². The van der Waals surface area contributed by atoms with E-state index in [0.29, 0.717) is 16.0 Å². The second-order valence-electron chi connectivity index (χ2n) is 3.86. The Morgan fingerprint density at radius 1 is 1.40 bits per heavy atom. The minimum Gasteiger partial charge on any atom is -0.324 e. The molecule has 0 bridgehead atoms. The lowest BCUT2D eigenvalue weighted by molar-refractivity contribution is 0.260. The Hall–Kier alpha value is -0.120. The molecule has 1 aromatic carbocycles. The third-order valence-corrected chi connectivity index (χ3v) is 3.61. The van der Waals surface area contributed by atoms with E-state index in [9.17, 15) is 4.39 Å². The first-order chi connectivity index (χ1) is 6.70. The van der Waals surface area contributed by atoms with Gasteiger partial charge in [0.05, 0.1) is 4.47 Å². The van der Waals surface area contributed by atoms with Crippen molar-refractivity contribution in [2.24, 2.45) is 11.7 Å². The highest BCUT2D eigenvalue weighted by molar-refractivity contribution is 9.10. The van der Waals surface area contributed by atoms with Gasteiger partial charge in [0, 0.05) is 11.6 Å². The smallest absolute Gasteiger partial charge is 0.142 e. The lowest BCUT2D eigenvalue weighted by Crippen LogP contribution is -2.27. The minimum absolute atomic E-state index is 0. The van der Waals surface area contributed by atoms with Crippen LogP contribution in [-0.4, -0.2) is 0 Å². The normalized spacial score (nSPS) is 17.8. The topological polar surface area (TPSA) is 26.0 Å². The zero-order chi connectivity index (χ0) is 10.1. The van der Waals surface area contributed by atoms with Gasteiger partial charge in [-0.3, -0.25) is 0 Å². The van der Waals surface area contributed by atoms with Gasteiger partial charge in [-0.15, -0.1) is 12.4 Å². The monoisotopic (exact) mass is 293 g/mol. The van der Waals surface area contributed by atoms with E-state index in [1.165, 1.54) is 6.42 Å². The van der Waals surface area contributed by atoms with E-state index >= 15 is 0 Å². The van der Waals surface area contributed by atoms with E-state index in [-0.39, 0.29) is 24.3 Å². The van der Waals surface area contributed by atoms with E-state index in [2.05, 4.69) is 15.9 Å². The van der Waals surface area contributed by atoms with Gasteiger partial charge in [-0.25, -0.2) is 4.39 Å². The molecule has 84 valence electrons. The average molecular weight is 295 g/mol. The molecule has 0 amide bonds. The molecule has 0 saturated heterocycles. The van der Waals surface area contributed by atoms with E-state index < -0.39 is 0 Å². The predicted molar refractivity (Wildman–Crippen MR) is 65.6 cm³/mol. The van der Waals surface area contributed by atoms with Crippen LogP contribution >= 0.6 is 28.3 Å². The summed E-state index contributed by atoms with van der Waals surface area (Å²) < 4.78 is 14.2. The van der Waals surface area contributed by atoms with Gasteiger partial charge < -0.3 is 5.73 Å². The molecular formula is C11H14BrClFN. The molecule has 0 radical (unpaired) electrons. The van der Waals surface area contributed by atoms with E-state index in [0.717, 1.165) is 12.8 Å². The van der Waals surface area contributed by atoms with Crippen LogP contribution in [0.15, 0.2) is 22.7 Å². The highest BCUT2D eigenvalue weighted by atomic mass is 79.9. The van der Waals surface area contributed by atoms with Crippen molar-refractivity contribution in [3.8, 4) is 0 Å². The maximum Gasteiger partial charge on any atom is 0.142 e. The first-order valence-electron chi connectivity index (χ1n) is 4.89. The molecule has 1 atom stereocenters. The molecule has 0 aliphatic heterocycles. The Balaban J connectivity index is 0.00000112. The van der Waals surface area contributed by atoms with Crippen LogP contribution < -0.4 is 5.73 Å². The van der Waals surface area contributed by atoms with Gasteiger partial charge in [-0.1, -0.05) is 18.6 Å². The number of benzene rings is 1. The Morgan fingerprint density at radius 3 is 2.60 bits per heavy atom. The van der Waals surface area contributed by atoms with Crippen LogP contribution in [-0.2, 0) is 0 Å². The van der Waals surface area contributed by atoms with Gasteiger partial charge in [0.1, 0.15) is 5.82 Å². The van der Waals surface area contributed by atoms with E-state index in [4.69, 9.17) is 5.73 Å². The predicted octanol–water partition coefficient (Wildman–Crippen LogP) is 3.81. The second kappa shape index (κ2) is 5.28. The Labute approximate surface area is 104 Å². The third kappa shape index (κ3) is 2.52. The van der Waals surface area contributed by atoms with Crippen molar-refractivity contribution in [2.75, 3.05) is 0 Å². The van der Waals surface area contributed by atoms with Crippen molar-refractivity contribution in [1.82, 2.24) is 0 Å². The lowest BCUT2D eigenvalue weighted by Gasteiger charge is -2.31. The van der Waals surface area contributed by atoms with Gasteiger partial charge in [0.15, 0.2) is 0 Å². The molecule has 2 rings (SSSR count). The van der Waals surface area contributed by atoms with Crippen molar-refractivity contribution in [1.29, 1.82) is 0 Å². The molecule has 1 aliphatic carbocycles. The summed E-state index contributed by atoms with van der Waals surface area (Å²) in [4.78, 5) is 0. The highest BCUT2D eigenvalue weighted by Gasteiger charge is 2.27. The van der Waals surface area contributed by atoms with Crippen LogP contribution in [0.1, 0.15) is 30.9 Å². The largest absolute Gasteiger partial charge is 0.324 e. The van der Waals surface area contributed by atoms with Crippen LogP contribution in [0, 0.1) is 11.7 Å². The summed E-state index contributed by atoms with van der Waals surface area (Å²) in [6, 6.07) is 5.18. The summed E-state index contributed by atoms with van der Waals surface area (Å²) in [6.07, 6.45) is 3.49. The number of hydrogen-bond acceptors (Lipinski definition) is 1. The molecule has 1 aliphatic rings. The van der Waals surface area contributed by atoms with Crippen molar-refractivity contribution in [3.63, 3.8) is 0 Å². The van der Waals surface area contributed by atoms with Gasteiger partial charge in [0.25, 0.3) is 0 Å². The zero-order valence-corrected chi connectivity index (χ0v) is 10.7. The second-order valence-corrected chi connectivity index (χ2v) is 4.71. The van der Waals surface area contributed by atoms with Crippen LogP contribution in [0.3, 0.4) is 0 Å². The molecule has 4 heteroatoms. The molecular weight excluding hydrogens is 280 g/mol. The van der Waals surface area contributed by atoms with E-state index in [1.54, 1.807) is 12.1 Å². The summed E-state index contributed by atoms with van der Waals surface area (Å²) in [7, 11) is 0. The Morgan fingerprint density at radius 2 is 2.07 bits per heavy atom. The van der Waals surface area contributed by atoms with E-state index in [1.807, 2.05) is 6.07 Å². The molecule has 0 spiro atoms. The van der Waals surface area contributed by atoms with Crippen molar-refractivity contribution in [3.05, 3.63) is 34.1 Å². The molecule has 1 saturated carbocycles. The molecule has 1 aromatic rings. The third-order valence-electron chi connectivity index (χ3n) is 3.00. The quantitative estimate of drug-likeness (QED) is 0.882. The van der Waals surface area contributed by atoms with Crippen molar-refractivity contribution in [2.45, 2.75) is 25.3 Å². The lowest BCUT2D eigenvalue weighted by atomic mass is 9.77. The molecule has 15 heavy (non-hydrogen) atoms. The molecule has 0 heterocycles. The summed E-state index contributed by atoms with van der Waals surface area (Å²) in [5, 5.41) is 0. The van der Waals surface area contributed by atoms with Crippen LogP contribution in [0.25, 0.3) is 0 Å². The maximum absolute atomic E-state index is 13.6. The molecule has 1 nitrogen and oxygen atoms in total. The zero-order valence-electron chi connectivity index (χ0n) is 8.25. The first kappa shape index (κ1) is 12.9. The Kier molecular flexibility index (Phi) is 4.56. The SMILES string of the molecule is Cl.N[C@@H](c1cccc(Br)c1F)C1CCC1.